The maximum atomic E-state index is 13.9. The molecule has 0 unspecified atom stereocenters. The number of anilines is 1. The lowest BCUT2D eigenvalue weighted by Gasteiger charge is -2.43. The van der Waals surface area contributed by atoms with Gasteiger partial charge in [-0.05, 0) is 55.7 Å². The zero-order valence-electron chi connectivity index (χ0n) is 19.4. The zero-order chi connectivity index (χ0) is 23.5. The van der Waals surface area contributed by atoms with E-state index in [0.717, 1.165) is 11.1 Å². The highest BCUT2D eigenvalue weighted by Crippen LogP contribution is 2.49. The van der Waals surface area contributed by atoms with Crippen LogP contribution in [0.3, 0.4) is 0 Å². The van der Waals surface area contributed by atoms with Crippen molar-refractivity contribution in [2.75, 3.05) is 19.5 Å². The number of rotatable bonds is 7. The van der Waals surface area contributed by atoms with E-state index < -0.39 is 16.8 Å². The lowest BCUT2D eigenvalue weighted by molar-refractivity contribution is -0.151. The van der Waals surface area contributed by atoms with Gasteiger partial charge in [-0.3, -0.25) is 9.59 Å². The van der Waals surface area contributed by atoms with Crippen LogP contribution in [0.1, 0.15) is 63.5 Å². The fraction of sp³-hybridized carbons (Fsp3) is 0.480. The first kappa shape index (κ1) is 23.6. The number of amides is 1. The largest absolute Gasteiger partial charge is 0.481 e. The molecule has 7 heteroatoms. The minimum absolute atomic E-state index is 0.177. The summed E-state index contributed by atoms with van der Waals surface area (Å²) in [6.45, 7) is 5.97. The van der Waals surface area contributed by atoms with Gasteiger partial charge in [-0.2, -0.15) is 4.98 Å². The molecule has 2 N–H and O–H groups in total. The van der Waals surface area contributed by atoms with Gasteiger partial charge < -0.3 is 19.9 Å². The van der Waals surface area contributed by atoms with Crippen molar-refractivity contribution in [2.24, 2.45) is 5.41 Å². The Labute approximate surface area is 189 Å². The first-order valence-corrected chi connectivity index (χ1v) is 10.9. The molecular weight excluding hydrogens is 408 g/mol. The smallest absolute Gasteiger partial charge is 0.309 e. The number of hydrogen-bond donors (Lipinski definition) is 2. The third-order valence-corrected chi connectivity index (χ3v) is 6.74. The predicted molar refractivity (Wildman–Crippen MR) is 122 cm³/mol. The molecule has 0 radical (unpaired) electrons. The third-order valence-electron chi connectivity index (χ3n) is 6.74. The third kappa shape index (κ3) is 4.29. The van der Waals surface area contributed by atoms with Gasteiger partial charge in [0.2, 0.25) is 17.7 Å². The molecule has 172 valence electrons. The van der Waals surface area contributed by atoms with Gasteiger partial charge in [-0.25, -0.2) is 0 Å². The lowest BCUT2D eigenvalue weighted by Crippen LogP contribution is -2.47. The van der Waals surface area contributed by atoms with Crippen LogP contribution in [0.4, 0.5) is 5.69 Å². The monoisotopic (exact) mass is 440 g/mol. The van der Waals surface area contributed by atoms with Crippen molar-refractivity contribution < 1.29 is 24.2 Å². The molecule has 0 aliphatic heterocycles. The number of aliphatic carboxylic acids is 1. The first-order chi connectivity index (χ1) is 15.2. The quantitative estimate of drug-likeness (QED) is 0.644. The second kappa shape index (κ2) is 9.18. The molecule has 0 bridgehead atoms. The molecule has 32 heavy (non-hydrogen) atoms. The number of pyridine rings is 1. The van der Waals surface area contributed by atoms with Crippen molar-refractivity contribution in [3.05, 3.63) is 47.5 Å². The van der Waals surface area contributed by atoms with E-state index >= 15 is 0 Å². The Morgan fingerprint density at radius 3 is 2.25 bits per heavy atom. The van der Waals surface area contributed by atoms with Crippen molar-refractivity contribution in [3.63, 3.8) is 0 Å². The highest BCUT2D eigenvalue weighted by Gasteiger charge is 2.50. The number of carboxylic acids is 1. The number of hydrogen-bond acceptors (Lipinski definition) is 5. The molecule has 0 atom stereocenters. The Kier molecular flexibility index (Phi) is 6.77. The Morgan fingerprint density at radius 1 is 1.03 bits per heavy atom. The number of methoxy groups -OCH3 is 2. The summed E-state index contributed by atoms with van der Waals surface area (Å²) in [5, 5.41) is 12.8. The molecule has 1 amide bonds. The van der Waals surface area contributed by atoms with Crippen molar-refractivity contribution >= 4 is 17.6 Å². The van der Waals surface area contributed by atoms with Crippen LogP contribution in [-0.2, 0) is 15.0 Å². The average molecular weight is 441 g/mol. The molecule has 1 aliphatic carbocycles. The van der Waals surface area contributed by atoms with Gasteiger partial charge in [0, 0.05) is 6.07 Å². The predicted octanol–water partition coefficient (Wildman–Crippen LogP) is 4.76. The van der Waals surface area contributed by atoms with Crippen LogP contribution in [0.15, 0.2) is 36.4 Å². The summed E-state index contributed by atoms with van der Waals surface area (Å²) in [7, 11) is 3.00. The van der Waals surface area contributed by atoms with Crippen molar-refractivity contribution in [1.82, 2.24) is 4.98 Å². The van der Waals surface area contributed by atoms with E-state index in [-0.39, 0.29) is 17.7 Å². The first-order valence-electron chi connectivity index (χ1n) is 10.9. The fourth-order valence-electron chi connectivity index (χ4n) is 4.53. The molecule has 1 heterocycles. The second-order valence-electron chi connectivity index (χ2n) is 9.05. The Hall–Kier alpha value is -3.09. The van der Waals surface area contributed by atoms with Crippen LogP contribution in [0.25, 0.3) is 0 Å². The van der Waals surface area contributed by atoms with E-state index in [1.165, 1.54) is 14.2 Å². The second-order valence-corrected chi connectivity index (χ2v) is 9.05. The maximum Gasteiger partial charge on any atom is 0.309 e. The molecule has 0 saturated heterocycles. The van der Waals surface area contributed by atoms with Crippen LogP contribution in [0, 0.1) is 5.41 Å². The Bertz CT molecular complexity index is 994. The minimum atomic E-state index is -0.846. The van der Waals surface area contributed by atoms with E-state index in [1.54, 1.807) is 19.1 Å². The maximum absolute atomic E-state index is 13.9. The van der Waals surface area contributed by atoms with Gasteiger partial charge in [0.05, 0.1) is 25.0 Å². The van der Waals surface area contributed by atoms with Gasteiger partial charge in [0.25, 0.3) is 0 Å². The summed E-state index contributed by atoms with van der Waals surface area (Å²) >= 11 is 0. The summed E-state index contributed by atoms with van der Waals surface area (Å²) in [6.07, 6.45) is 1.72. The molecule has 3 rings (SSSR count). The standard InChI is InChI=1S/C25H32N2O5/c1-16(2)17-8-6-7-9-18(17)25(14-12-24(3,13-15-25)23(29)30)22(28)26-19-10-11-20(31-4)27-21(19)32-5/h6-11,16H,12-15H2,1-5H3,(H,26,28)(H,29,30)/t24-,25-. The van der Waals surface area contributed by atoms with Crippen LogP contribution in [0.5, 0.6) is 11.8 Å². The Morgan fingerprint density at radius 2 is 1.69 bits per heavy atom. The zero-order valence-corrected chi connectivity index (χ0v) is 19.4. The number of carbonyl (C=O) groups is 2. The number of ether oxygens (including phenoxy) is 2. The SMILES string of the molecule is COc1ccc(NC(=O)[C@]2(c3ccccc3C(C)C)CC[C@@](C)(C(=O)O)CC2)c(OC)n1. The number of nitrogens with one attached hydrogen (secondary N) is 1. The van der Waals surface area contributed by atoms with E-state index in [4.69, 9.17) is 9.47 Å². The van der Waals surface area contributed by atoms with Crippen molar-refractivity contribution in [1.29, 1.82) is 0 Å². The highest BCUT2D eigenvalue weighted by atomic mass is 16.5. The number of carboxylic acid groups (broad SMARTS) is 1. The van der Waals surface area contributed by atoms with Gasteiger partial charge in [0.15, 0.2) is 0 Å². The summed E-state index contributed by atoms with van der Waals surface area (Å²) < 4.78 is 10.5. The number of nitrogens with zero attached hydrogens (tertiary/aromatic N) is 1. The average Bonchev–Trinajstić information content (AvgIpc) is 2.79. The highest BCUT2D eigenvalue weighted by molar-refractivity contribution is 6.00. The summed E-state index contributed by atoms with van der Waals surface area (Å²) in [6, 6.07) is 11.3. The molecule has 1 aliphatic rings. The number of carbonyl (C=O) groups excluding carboxylic acids is 1. The summed E-state index contributed by atoms with van der Waals surface area (Å²) in [5.41, 5.74) is 0.824. The Balaban J connectivity index is 2.05. The molecular formula is C25H32N2O5. The van der Waals surface area contributed by atoms with Crippen LogP contribution in [-0.4, -0.2) is 36.2 Å². The number of aromatic nitrogens is 1. The van der Waals surface area contributed by atoms with Gasteiger partial charge in [-0.1, -0.05) is 38.1 Å². The molecule has 1 aromatic heterocycles. The molecule has 7 nitrogen and oxygen atoms in total. The topological polar surface area (TPSA) is 97.8 Å². The lowest BCUT2D eigenvalue weighted by atomic mass is 9.60. The molecule has 1 saturated carbocycles. The van der Waals surface area contributed by atoms with Gasteiger partial charge >= 0.3 is 5.97 Å². The van der Waals surface area contributed by atoms with Crippen LogP contribution in [0.2, 0.25) is 0 Å². The van der Waals surface area contributed by atoms with Crippen molar-refractivity contribution in [2.45, 2.75) is 57.8 Å². The molecule has 0 spiro atoms. The van der Waals surface area contributed by atoms with E-state index in [2.05, 4.69) is 30.2 Å². The van der Waals surface area contributed by atoms with Crippen LogP contribution >= 0.6 is 0 Å². The molecule has 1 fully saturated rings. The molecule has 2 aromatic rings. The van der Waals surface area contributed by atoms with Gasteiger partial charge in [-0.15, -0.1) is 0 Å². The van der Waals surface area contributed by atoms with Gasteiger partial charge in [0.1, 0.15) is 5.69 Å². The van der Waals surface area contributed by atoms with E-state index in [9.17, 15) is 14.7 Å². The van der Waals surface area contributed by atoms with Crippen molar-refractivity contribution in [3.8, 4) is 11.8 Å². The minimum Gasteiger partial charge on any atom is -0.481 e. The summed E-state index contributed by atoms with van der Waals surface area (Å²) in [5.74, 6) is -0.125. The van der Waals surface area contributed by atoms with E-state index in [1.807, 2.05) is 18.2 Å². The van der Waals surface area contributed by atoms with Crippen LogP contribution < -0.4 is 14.8 Å². The van der Waals surface area contributed by atoms with E-state index in [0.29, 0.717) is 37.3 Å². The molecule has 1 aromatic carbocycles. The normalized spacial score (nSPS) is 22.9. The number of benzene rings is 1. The summed E-state index contributed by atoms with van der Waals surface area (Å²) in [4.78, 5) is 30.0. The fourth-order valence-corrected chi connectivity index (χ4v) is 4.53.